The molecule has 1 saturated heterocycles. The Kier molecular flexibility index (Phi) is 5.97. The van der Waals surface area contributed by atoms with Crippen LogP contribution in [0.2, 0.25) is 5.02 Å². The smallest absolute Gasteiger partial charge is 0.224 e. The first-order chi connectivity index (χ1) is 15.7. The molecular formula is C25H26ClN5O. The first-order valence-electron chi connectivity index (χ1n) is 11.0. The van der Waals surface area contributed by atoms with E-state index < -0.39 is 0 Å². The predicted octanol–water partition coefficient (Wildman–Crippen LogP) is 5.07. The number of phenolic OH excluding ortho intramolecular Hbond substituents is 1. The van der Waals surface area contributed by atoms with Gasteiger partial charge in [0.1, 0.15) is 11.4 Å². The van der Waals surface area contributed by atoms with Crippen molar-refractivity contribution >= 4 is 28.6 Å². The van der Waals surface area contributed by atoms with Gasteiger partial charge in [-0.05, 0) is 61.7 Å². The van der Waals surface area contributed by atoms with Gasteiger partial charge in [-0.25, -0.2) is 4.98 Å². The predicted molar refractivity (Wildman–Crippen MR) is 129 cm³/mol. The Hall–Kier alpha value is -3.09. The number of benzene rings is 2. The van der Waals surface area contributed by atoms with E-state index in [0.717, 1.165) is 52.5 Å². The van der Waals surface area contributed by atoms with Crippen LogP contribution in [0.5, 0.6) is 5.75 Å². The van der Waals surface area contributed by atoms with Crippen molar-refractivity contribution < 1.29 is 5.11 Å². The van der Waals surface area contributed by atoms with E-state index in [-0.39, 0.29) is 5.75 Å². The van der Waals surface area contributed by atoms with E-state index in [9.17, 15) is 5.11 Å². The van der Waals surface area contributed by atoms with Gasteiger partial charge in [-0.2, -0.15) is 4.98 Å². The van der Waals surface area contributed by atoms with Crippen molar-refractivity contribution in [1.29, 1.82) is 0 Å². The molecular weight excluding hydrogens is 422 g/mol. The van der Waals surface area contributed by atoms with Crippen LogP contribution in [0.4, 0.5) is 5.95 Å². The number of halogens is 1. The maximum atomic E-state index is 9.48. The van der Waals surface area contributed by atoms with E-state index in [1.165, 1.54) is 12.8 Å². The van der Waals surface area contributed by atoms with Gasteiger partial charge in [0.2, 0.25) is 5.95 Å². The molecule has 7 heteroatoms. The van der Waals surface area contributed by atoms with Crippen molar-refractivity contribution in [2.45, 2.75) is 25.9 Å². The number of nitrogens with zero attached hydrogens (tertiary/aromatic N) is 3. The quantitative estimate of drug-likeness (QED) is 0.385. The lowest BCUT2D eigenvalue weighted by molar-refractivity contribution is 0.341. The standard InChI is InChI=1S/C25H26ClN5O/c26-22-6-2-1-5-21(22)23-12-19-15-29-25(28-14-17-7-9-20(32)10-8-17)30-24(19)31(23)16-18-4-3-11-27-13-18/h1-2,5-10,12,15,18,27,32H,3-4,11,13-14,16H2,(H,28,29,30). The molecule has 2 aromatic heterocycles. The van der Waals surface area contributed by atoms with Gasteiger partial charge < -0.3 is 20.3 Å². The van der Waals surface area contributed by atoms with Gasteiger partial charge in [0.15, 0.2) is 0 Å². The maximum absolute atomic E-state index is 9.48. The van der Waals surface area contributed by atoms with Gasteiger partial charge in [-0.1, -0.05) is 41.9 Å². The van der Waals surface area contributed by atoms with Crippen LogP contribution < -0.4 is 10.6 Å². The summed E-state index contributed by atoms with van der Waals surface area (Å²) in [7, 11) is 0. The molecule has 0 spiro atoms. The van der Waals surface area contributed by atoms with Crippen LogP contribution in [-0.4, -0.2) is 32.7 Å². The number of hydrogen-bond acceptors (Lipinski definition) is 5. The highest BCUT2D eigenvalue weighted by molar-refractivity contribution is 6.33. The number of phenols is 1. The zero-order chi connectivity index (χ0) is 21.9. The highest BCUT2D eigenvalue weighted by atomic mass is 35.5. The van der Waals surface area contributed by atoms with Gasteiger partial charge in [0, 0.05) is 35.3 Å². The van der Waals surface area contributed by atoms with E-state index >= 15 is 0 Å². The third-order valence-corrected chi connectivity index (χ3v) is 6.34. The third-order valence-electron chi connectivity index (χ3n) is 6.01. The highest BCUT2D eigenvalue weighted by Gasteiger charge is 2.20. The van der Waals surface area contributed by atoms with Crippen molar-refractivity contribution in [1.82, 2.24) is 19.9 Å². The monoisotopic (exact) mass is 447 g/mol. The van der Waals surface area contributed by atoms with Gasteiger partial charge in [0.25, 0.3) is 0 Å². The summed E-state index contributed by atoms with van der Waals surface area (Å²) in [5.41, 5.74) is 4.04. The summed E-state index contributed by atoms with van der Waals surface area (Å²) in [6.45, 7) is 3.56. The fourth-order valence-electron chi connectivity index (χ4n) is 4.33. The van der Waals surface area contributed by atoms with Crippen LogP contribution in [0, 0.1) is 5.92 Å². The molecule has 0 bridgehead atoms. The zero-order valence-corrected chi connectivity index (χ0v) is 18.5. The molecule has 0 radical (unpaired) electrons. The Labute approximate surface area is 192 Å². The summed E-state index contributed by atoms with van der Waals surface area (Å²) in [5.74, 6) is 1.38. The zero-order valence-electron chi connectivity index (χ0n) is 17.8. The molecule has 0 aliphatic carbocycles. The van der Waals surface area contributed by atoms with Gasteiger partial charge in [-0.15, -0.1) is 0 Å². The van der Waals surface area contributed by atoms with E-state index in [1.807, 2.05) is 36.5 Å². The molecule has 1 aliphatic heterocycles. The summed E-state index contributed by atoms with van der Waals surface area (Å²) >= 11 is 6.57. The van der Waals surface area contributed by atoms with Crippen molar-refractivity contribution in [3.63, 3.8) is 0 Å². The molecule has 0 amide bonds. The van der Waals surface area contributed by atoms with E-state index in [0.29, 0.717) is 18.4 Å². The molecule has 1 atom stereocenters. The van der Waals surface area contributed by atoms with E-state index in [1.54, 1.807) is 12.1 Å². The Morgan fingerprint density at radius 3 is 2.78 bits per heavy atom. The second kappa shape index (κ2) is 9.18. The molecule has 3 heterocycles. The molecule has 1 aliphatic rings. The van der Waals surface area contributed by atoms with Crippen molar-refractivity contribution in [3.05, 3.63) is 71.4 Å². The van der Waals surface area contributed by atoms with Crippen LogP contribution >= 0.6 is 11.6 Å². The van der Waals surface area contributed by atoms with Crippen LogP contribution in [-0.2, 0) is 13.1 Å². The largest absolute Gasteiger partial charge is 0.508 e. The number of hydrogen-bond donors (Lipinski definition) is 3. The summed E-state index contributed by atoms with van der Waals surface area (Å²) in [5, 5.41) is 18.0. The van der Waals surface area contributed by atoms with Crippen molar-refractivity contribution in [2.24, 2.45) is 5.92 Å². The van der Waals surface area contributed by atoms with Crippen LogP contribution in [0.1, 0.15) is 18.4 Å². The molecule has 164 valence electrons. The minimum atomic E-state index is 0.258. The minimum Gasteiger partial charge on any atom is -0.508 e. The normalized spacial score (nSPS) is 16.3. The second-order valence-electron chi connectivity index (χ2n) is 8.32. The molecule has 1 fully saturated rings. The number of rotatable bonds is 6. The third kappa shape index (κ3) is 4.42. The summed E-state index contributed by atoms with van der Waals surface area (Å²) < 4.78 is 2.29. The Bertz CT molecular complexity index is 1210. The van der Waals surface area contributed by atoms with Crippen molar-refractivity contribution in [2.75, 3.05) is 18.4 Å². The number of aromatic hydroxyl groups is 1. The molecule has 32 heavy (non-hydrogen) atoms. The maximum Gasteiger partial charge on any atom is 0.224 e. The molecule has 4 aromatic rings. The Balaban J connectivity index is 1.50. The average Bonchev–Trinajstić information content (AvgIpc) is 3.17. The van der Waals surface area contributed by atoms with Gasteiger partial charge in [-0.3, -0.25) is 0 Å². The van der Waals surface area contributed by atoms with Crippen LogP contribution in [0.25, 0.3) is 22.3 Å². The summed E-state index contributed by atoms with van der Waals surface area (Å²) in [6.07, 6.45) is 4.27. The lowest BCUT2D eigenvalue weighted by Crippen LogP contribution is -2.32. The Morgan fingerprint density at radius 2 is 2.00 bits per heavy atom. The first-order valence-corrected chi connectivity index (χ1v) is 11.4. The molecule has 1 unspecified atom stereocenters. The SMILES string of the molecule is Oc1ccc(CNc2ncc3cc(-c4ccccc4Cl)n(CC4CCCNC4)c3n2)cc1. The first kappa shape index (κ1) is 20.8. The molecule has 2 aromatic carbocycles. The van der Waals surface area contributed by atoms with Crippen LogP contribution in [0.15, 0.2) is 60.8 Å². The number of piperidine rings is 1. The van der Waals surface area contributed by atoms with Crippen molar-refractivity contribution in [3.8, 4) is 17.0 Å². The fraction of sp³-hybridized carbons (Fsp3) is 0.280. The lowest BCUT2D eigenvalue weighted by Gasteiger charge is -2.24. The molecule has 6 nitrogen and oxygen atoms in total. The molecule has 5 rings (SSSR count). The fourth-order valence-corrected chi connectivity index (χ4v) is 4.57. The molecule has 0 saturated carbocycles. The van der Waals surface area contributed by atoms with Crippen LogP contribution in [0.3, 0.4) is 0 Å². The van der Waals surface area contributed by atoms with Gasteiger partial charge in [0.05, 0.1) is 5.69 Å². The summed E-state index contributed by atoms with van der Waals surface area (Å²) in [4.78, 5) is 9.40. The van der Waals surface area contributed by atoms with Gasteiger partial charge >= 0.3 is 0 Å². The average molecular weight is 448 g/mol. The van der Waals surface area contributed by atoms with E-state index in [2.05, 4.69) is 32.3 Å². The summed E-state index contributed by atoms with van der Waals surface area (Å²) in [6, 6.07) is 17.2. The number of anilines is 1. The topological polar surface area (TPSA) is 75.0 Å². The molecule has 3 N–H and O–H groups in total. The number of nitrogens with one attached hydrogen (secondary N) is 2. The lowest BCUT2D eigenvalue weighted by atomic mass is 9.99. The minimum absolute atomic E-state index is 0.258. The Morgan fingerprint density at radius 1 is 1.16 bits per heavy atom. The number of fused-ring (bicyclic) bond motifs is 1. The number of aromatic nitrogens is 3. The van der Waals surface area contributed by atoms with E-state index in [4.69, 9.17) is 16.6 Å². The highest BCUT2D eigenvalue weighted by Crippen LogP contribution is 2.33. The second-order valence-corrected chi connectivity index (χ2v) is 8.73.